The Bertz CT molecular complexity index is 378. The molecule has 0 spiro atoms. The van der Waals surface area contributed by atoms with E-state index >= 15 is 0 Å². The van der Waals surface area contributed by atoms with Crippen molar-refractivity contribution >= 4 is 11.6 Å². The molecule has 4 heteroatoms. The second kappa shape index (κ2) is 6.98. The minimum Gasteiger partial charge on any atom is -0.491 e. The van der Waals surface area contributed by atoms with Crippen LogP contribution in [0, 0.1) is 6.92 Å². The normalized spacial score (nSPS) is 16.8. The third kappa shape index (κ3) is 4.16. The summed E-state index contributed by atoms with van der Waals surface area (Å²) in [5.41, 5.74) is 1.15. The topological polar surface area (TPSA) is 30.5 Å². The van der Waals surface area contributed by atoms with Gasteiger partial charge < -0.3 is 14.8 Å². The van der Waals surface area contributed by atoms with Gasteiger partial charge in [-0.05, 0) is 37.5 Å². The SMILES string of the molecule is Cc1ccc(OCCNC2CCOCC2)c(Cl)c1. The predicted molar refractivity (Wildman–Crippen MR) is 73.5 cm³/mol. The molecular weight excluding hydrogens is 250 g/mol. The highest BCUT2D eigenvalue weighted by atomic mass is 35.5. The summed E-state index contributed by atoms with van der Waals surface area (Å²) in [7, 11) is 0. The van der Waals surface area contributed by atoms with Crippen LogP contribution in [0.5, 0.6) is 5.75 Å². The number of ether oxygens (including phenoxy) is 2. The quantitative estimate of drug-likeness (QED) is 0.834. The molecule has 0 aromatic heterocycles. The maximum Gasteiger partial charge on any atom is 0.137 e. The van der Waals surface area contributed by atoms with Crippen LogP contribution in [0.1, 0.15) is 18.4 Å². The maximum absolute atomic E-state index is 6.10. The highest BCUT2D eigenvalue weighted by molar-refractivity contribution is 6.32. The number of rotatable bonds is 5. The number of hydrogen-bond acceptors (Lipinski definition) is 3. The molecule has 1 aromatic carbocycles. The number of halogens is 1. The fraction of sp³-hybridized carbons (Fsp3) is 0.571. The molecule has 18 heavy (non-hydrogen) atoms. The van der Waals surface area contributed by atoms with Gasteiger partial charge in [0, 0.05) is 25.8 Å². The van der Waals surface area contributed by atoms with Crippen molar-refractivity contribution in [3.8, 4) is 5.75 Å². The molecule has 0 saturated carbocycles. The van der Waals surface area contributed by atoms with Gasteiger partial charge in [0.05, 0.1) is 5.02 Å². The Balaban J connectivity index is 1.68. The third-order valence-corrected chi connectivity index (χ3v) is 3.40. The minimum atomic E-state index is 0.566. The second-order valence-corrected chi connectivity index (χ2v) is 5.03. The lowest BCUT2D eigenvalue weighted by Crippen LogP contribution is -2.37. The molecule has 1 saturated heterocycles. The molecule has 1 heterocycles. The molecule has 1 aromatic rings. The van der Waals surface area contributed by atoms with Gasteiger partial charge in [-0.25, -0.2) is 0 Å². The molecule has 0 amide bonds. The zero-order chi connectivity index (χ0) is 12.8. The summed E-state index contributed by atoms with van der Waals surface area (Å²) in [4.78, 5) is 0. The van der Waals surface area contributed by atoms with Crippen molar-refractivity contribution in [2.75, 3.05) is 26.4 Å². The molecule has 100 valence electrons. The van der Waals surface area contributed by atoms with E-state index in [1.165, 1.54) is 0 Å². The Kier molecular flexibility index (Phi) is 5.29. The summed E-state index contributed by atoms with van der Waals surface area (Å²) in [5.74, 6) is 0.760. The first-order valence-corrected chi connectivity index (χ1v) is 6.83. The van der Waals surface area contributed by atoms with Gasteiger partial charge in [-0.1, -0.05) is 17.7 Å². The lowest BCUT2D eigenvalue weighted by atomic mass is 10.1. The van der Waals surface area contributed by atoms with E-state index in [0.717, 1.165) is 43.9 Å². The van der Waals surface area contributed by atoms with Crippen LogP contribution in [0.15, 0.2) is 18.2 Å². The summed E-state index contributed by atoms with van der Waals surface area (Å²) in [6, 6.07) is 6.41. The number of benzene rings is 1. The predicted octanol–water partition coefficient (Wildman–Crippen LogP) is 2.80. The van der Waals surface area contributed by atoms with Gasteiger partial charge >= 0.3 is 0 Å². The lowest BCUT2D eigenvalue weighted by molar-refractivity contribution is 0.0770. The average Bonchev–Trinajstić information content (AvgIpc) is 2.38. The molecule has 1 aliphatic heterocycles. The third-order valence-electron chi connectivity index (χ3n) is 3.10. The van der Waals surface area contributed by atoms with E-state index in [4.69, 9.17) is 21.1 Å². The summed E-state index contributed by atoms with van der Waals surface area (Å²) < 4.78 is 11.0. The maximum atomic E-state index is 6.10. The summed E-state index contributed by atoms with van der Waals surface area (Å²) in [5, 5.41) is 4.16. The second-order valence-electron chi connectivity index (χ2n) is 4.62. The van der Waals surface area contributed by atoms with E-state index in [9.17, 15) is 0 Å². The van der Waals surface area contributed by atoms with Gasteiger partial charge in [0.25, 0.3) is 0 Å². The Morgan fingerprint density at radius 1 is 1.39 bits per heavy atom. The Labute approximate surface area is 113 Å². The molecule has 1 N–H and O–H groups in total. The van der Waals surface area contributed by atoms with E-state index in [-0.39, 0.29) is 0 Å². The largest absolute Gasteiger partial charge is 0.491 e. The molecule has 0 bridgehead atoms. The molecule has 2 rings (SSSR count). The van der Waals surface area contributed by atoms with Gasteiger partial charge in [-0.3, -0.25) is 0 Å². The first kappa shape index (κ1) is 13.7. The number of aryl methyl sites for hydroxylation is 1. The zero-order valence-electron chi connectivity index (χ0n) is 10.7. The van der Waals surface area contributed by atoms with Crippen molar-refractivity contribution in [2.24, 2.45) is 0 Å². The standard InChI is InChI=1S/C14H20ClNO2/c1-11-2-3-14(13(15)10-11)18-9-6-16-12-4-7-17-8-5-12/h2-3,10,12,16H,4-9H2,1H3. The minimum absolute atomic E-state index is 0.566. The van der Waals surface area contributed by atoms with Crippen LogP contribution in [-0.4, -0.2) is 32.4 Å². The molecular formula is C14H20ClNO2. The Hall–Kier alpha value is -0.770. The smallest absolute Gasteiger partial charge is 0.137 e. The molecule has 1 fully saturated rings. The van der Waals surface area contributed by atoms with Crippen molar-refractivity contribution in [1.29, 1.82) is 0 Å². The average molecular weight is 270 g/mol. The van der Waals surface area contributed by atoms with Crippen molar-refractivity contribution in [1.82, 2.24) is 5.32 Å². The summed E-state index contributed by atoms with van der Waals surface area (Å²) in [6.07, 6.45) is 2.18. The number of hydrogen-bond donors (Lipinski definition) is 1. The van der Waals surface area contributed by atoms with Gasteiger partial charge in [0.15, 0.2) is 0 Å². The monoisotopic (exact) mass is 269 g/mol. The van der Waals surface area contributed by atoms with E-state index in [1.54, 1.807) is 0 Å². The molecule has 0 radical (unpaired) electrons. The van der Waals surface area contributed by atoms with E-state index in [2.05, 4.69) is 5.32 Å². The van der Waals surface area contributed by atoms with Gasteiger partial charge in [0.2, 0.25) is 0 Å². The Morgan fingerprint density at radius 3 is 2.89 bits per heavy atom. The molecule has 1 aliphatic rings. The summed E-state index contributed by atoms with van der Waals surface area (Å²) >= 11 is 6.10. The van der Waals surface area contributed by atoms with Crippen LogP contribution in [0.4, 0.5) is 0 Å². The van der Waals surface area contributed by atoms with Crippen molar-refractivity contribution in [3.63, 3.8) is 0 Å². The molecule has 3 nitrogen and oxygen atoms in total. The van der Waals surface area contributed by atoms with Gasteiger partial charge in [-0.15, -0.1) is 0 Å². The van der Waals surface area contributed by atoms with Crippen LogP contribution in [-0.2, 0) is 4.74 Å². The van der Waals surface area contributed by atoms with Crippen LogP contribution >= 0.6 is 11.6 Å². The van der Waals surface area contributed by atoms with Crippen molar-refractivity contribution < 1.29 is 9.47 Å². The van der Waals surface area contributed by atoms with Crippen molar-refractivity contribution in [2.45, 2.75) is 25.8 Å². The highest BCUT2D eigenvalue weighted by Gasteiger charge is 2.12. The van der Waals surface area contributed by atoms with Gasteiger partial charge in [-0.2, -0.15) is 0 Å². The molecule has 0 aliphatic carbocycles. The van der Waals surface area contributed by atoms with Crippen LogP contribution in [0.3, 0.4) is 0 Å². The molecule has 0 unspecified atom stereocenters. The lowest BCUT2D eigenvalue weighted by Gasteiger charge is -2.23. The fourth-order valence-corrected chi connectivity index (χ4v) is 2.34. The summed E-state index contributed by atoms with van der Waals surface area (Å²) in [6.45, 7) is 5.22. The van der Waals surface area contributed by atoms with Crippen LogP contribution in [0.25, 0.3) is 0 Å². The molecule has 0 atom stereocenters. The van der Waals surface area contributed by atoms with Gasteiger partial charge in [0.1, 0.15) is 12.4 Å². The van der Waals surface area contributed by atoms with Crippen LogP contribution < -0.4 is 10.1 Å². The van der Waals surface area contributed by atoms with E-state index in [1.807, 2.05) is 25.1 Å². The van der Waals surface area contributed by atoms with Crippen LogP contribution in [0.2, 0.25) is 5.02 Å². The first-order chi connectivity index (χ1) is 8.75. The van der Waals surface area contributed by atoms with E-state index in [0.29, 0.717) is 17.7 Å². The fourth-order valence-electron chi connectivity index (χ4n) is 2.05. The Morgan fingerprint density at radius 2 is 2.17 bits per heavy atom. The van der Waals surface area contributed by atoms with E-state index < -0.39 is 0 Å². The highest BCUT2D eigenvalue weighted by Crippen LogP contribution is 2.24. The number of nitrogens with one attached hydrogen (secondary N) is 1. The van der Waals surface area contributed by atoms with Crippen molar-refractivity contribution in [3.05, 3.63) is 28.8 Å². The first-order valence-electron chi connectivity index (χ1n) is 6.46. The zero-order valence-corrected chi connectivity index (χ0v) is 11.5.